The first-order valence-corrected chi connectivity index (χ1v) is 27.7. The lowest BCUT2D eigenvalue weighted by molar-refractivity contribution is -0.162. The summed E-state index contributed by atoms with van der Waals surface area (Å²) >= 11 is 4.42. The predicted octanol–water partition coefficient (Wildman–Crippen LogP) is 11.3. The van der Waals surface area contributed by atoms with Gasteiger partial charge in [0.2, 0.25) is 0 Å². The van der Waals surface area contributed by atoms with Crippen molar-refractivity contribution >= 4 is 71.1 Å². The average Bonchev–Trinajstić information content (AvgIpc) is 3.27. The third-order valence-corrected chi connectivity index (χ3v) is 13.3. The maximum Gasteiger partial charge on any atom is 0.306 e. The van der Waals surface area contributed by atoms with Crippen molar-refractivity contribution in [2.45, 2.75) is 188 Å². The molecule has 0 aromatic heterocycles. The molecule has 0 rings (SSSR count). The molecule has 0 aliphatic heterocycles. The fraction of sp³-hybridized carbons (Fsp3) is 0.875. The minimum absolute atomic E-state index is 0.108. The van der Waals surface area contributed by atoms with Crippen LogP contribution in [0.4, 0.5) is 0 Å². The Kier molecular flexibility index (Phi) is 43.5. The van der Waals surface area contributed by atoms with Crippen molar-refractivity contribution in [1.82, 2.24) is 0 Å². The van der Waals surface area contributed by atoms with Gasteiger partial charge in [-0.15, -0.1) is 0 Å². The molecule has 0 aliphatic carbocycles. The van der Waals surface area contributed by atoms with Gasteiger partial charge in [-0.1, -0.05) is 124 Å². The van der Waals surface area contributed by atoms with Gasteiger partial charge in [0, 0.05) is 34.5 Å². The lowest BCUT2D eigenvalue weighted by Gasteiger charge is -2.31. The minimum atomic E-state index is -0.951. The standard InChI is InChI=1S/C48H86O12S3/c1-5-9-12-15-18-21-30-55-42(49)24-33-61-36-27-45(52)58-39-48(8-4,40-59-46(53)28-37-62-34-25-43(50)56-31-22-19-16-13-10-6-2)41-60-47(54)29-38-63-35-26-44(51)57-32-23-20-17-14-11-7-3/h5-41H2,1-4H3. The molecule has 0 saturated heterocycles. The molecule has 0 aromatic carbocycles. The van der Waals surface area contributed by atoms with E-state index in [2.05, 4.69) is 20.8 Å². The Morgan fingerprint density at radius 1 is 0.317 bits per heavy atom. The molecule has 0 radical (unpaired) electrons. The lowest BCUT2D eigenvalue weighted by atomic mass is 9.88. The Labute approximate surface area is 394 Å². The topological polar surface area (TPSA) is 158 Å². The number of carbonyl (C=O) groups excluding carboxylic acids is 6. The third kappa shape index (κ3) is 41.1. The highest BCUT2D eigenvalue weighted by Crippen LogP contribution is 2.26. The molecule has 0 bridgehead atoms. The van der Waals surface area contributed by atoms with E-state index in [1.54, 1.807) is 0 Å². The van der Waals surface area contributed by atoms with Crippen LogP contribution in [0.1, 0.15) is 188 Å². The third-order valence-electron chi connectivity index (χ3n) is 10.4. The van der Waals surface area contributed by atoms with Crippen LogP contribution in [0.15, 0.2) is 0 Å². The summed E-state index contributed by atoms with van der Waals surface area (Å²) in [5.41, 5.74) is -0.951. The molecule has 0 N–H and O–H groups in total. The molecule has 0 atom stereocenters. The summed E-state index contributed by atoms with van der Waals surface area (Å²) < 4.78 is 32.9. The largest absolute Gasteiger partial charge is 0.466 e. The zero-order chi connectivity index (χ0) is 46.5. The predicted molar refractivity (Wildman–Crippen MR) is 258 cm³/mol. The maximum atomic E-state index is 12.8. The normalized spacial score (nSPS) is 11.2. The van der Waals surface area contributed by atoms with Gasteiger partial charge in [-0.3, -0.25) is 28.8 Å². The number of thioether (sulfide) groups is 3. The van der Waals surface area contributed by atoms with Gasteiger partial charge in [-0.25, -0.2) is 0 Å². The number of rotatable bonds is 46. The van der Waals surface area contributed by atoms with Crippen LogP contribution in [0.2, 0.25) is 0 Å². The summed E-state index contributed by atoms with van der Waals surface area (Å²) in [5, 5.41) is 0. The van der Waals surface area contributed by atoms with Gasteiger partial charge >= 0.3 is 35.8 Å². The van der Waals surface area contributed by atoms with E-state index in [4.69, 9.17) is 28.4 Å². The summed E-state index contributed by atoms with van der Waals surface area (Å²) in [5.74, 6) is 1.01. The molecule has 0 saturated carbocycles. The fourth-order valence-electron chi connectivity index (χ4n) is 6.01. The van der Waals surface area contributed by atoms with E-state index in [9.17, 15) is 28.8 Å². The summed E-state index contributed by atoms with van der Waals surface area (Å²) in [6.07, 6.45) is 21.9. The number of hydrogen-bond donors (Lipinski definition) is 0. The molecule has 15 heteroatoms. The highest BCUT2D eigenvalue weighted by atomic mass is 32.2. The van der Waals surface area contributed by atoms with Crippen LogP contribution in [0.5, 0.6) is 0 Å². The minimum Gasteiger partial charge on any atom is -0.466 e. The van der Waals surface area contributed by atoms with Crippen LogP contribution in [0.3, 0.4) is 0 Å². The van der Waals surface area contributed by atoms with E-state index in [1.165, 1.54) is 93.1 Å². The van der Waals surface area contributed by atoms with Crippen LogP contribution in [0.25, 0.3) is 0 Å². The van der Waals surface area contributed by atoms with E-state index < -0.39 is 23.3 Å². The second-order valence-corrected chi connectivity index (χ2v) is 19.8. The Balaban J connectivity index is 4.78. The summed E-state index contributed by atoms with van der Waals surface area (Å²) in [6.45, 7) is 9.41. The molecule has 0 spiro atoms. The van der Waals surface area contributed by atoms with E-state index in [1.807, 2.05) is 6.92 Å². The van der Waals surface area contributed by atoms with Crippen LogP contribution in [-0.2, 0) is 57.2 Å². The van der Waals surface area contributed by atoms with Crippen molar-refractivity contribution in [2.24, 2.45) is 5.41 Å². The SMILES string of the molecule is CCCCCCCCOC(=O)CCSCCC(=O)OCC(CC)(COC(=O)CCSCCC(=O)OCCCCCCCC)COC(=O)CCSCCC(=O)OCCCCCCCC. The Hall–Kier alpha value is -2.13. The first kappa shape index (κ1) is 60.9. The Morgan fingerprint density at radius 2 is 0.540 bits per heavy atom. The average molecular weight is 951 g/mol. The van der Waals surface area contributed by atoms with Crippen molar-refractivity contribution in [3.8, 4) is 0 Å². The summed E-state index contributed by atoms with van der Waals surface area (Å²) in [6, 6.07) is 0. The number of unbranched alkanes of at least 4 members (excludes halogenated alkanes) is 15. The van der Waals surface area contributed by atoms with Crippen LogP contribution >= 0.6 is 35.3 Å². The number of carbonyl (C=O) groups is 6. The lowest BCUT2D eigenvalue weighted by Crippen LogP contribution is -2.39. The van der Waals surface area contributed by atoms with Gasteiger partial charge in [-0.2, -0.15) is 35.3 Å². The number of esters is 6. The van der Waals surface area contributed by atoms with Crippen molar-refractivity contribution in [3.05, 3.63) is 0 Å². The molecule has 0 unspecified atom stereocenters. The van der Waals surface area contributed by atoms with Crippen LogP contribution in [0, 0.1) is 5.41 Å². The zero-order valence-corrected chi connectivity index (χ0v) is 42.2. The molecular formula is C48H86O12S3. The summed E-state index contributed by atoms with van der Waals surface area (Å²) in [7, 11) is 0. The highest BCUT2D eigenvalue weighted by Gasteiger charge is 2.34. The molecule has 0 amide bonds. The van der Waals surface area contributed by atoms with Crippen LogP contribution < -0.4 is 0 Å². The molecule has 0 fully saturated rings. The fourth-order valence-corrected chi connectivity index (χ4v) is 8.49. The van der Waals surface area contributed by atoms with E-state index in [0.717, 1.165) is 57.8 Å². The molecule has 368 valence electrons. The second-order valence-electron chi connectivity index (χ2n) is 16.1. The van der Waals surface area contributed by atoms with Crippen molar-refractivity contribution < 1.29 is 57.2 Å². The monoisotopic (exact) mass is 951 g/mol. The van der Waals surface area contributed by atoms with Gasteiger partial charge in [-0.05, 0) is 25.7 Å². The zero-order valence-electron chi connectivity index (χ0n) is 39.8. The Morgan fingerprint density at radius 3 is 0.778 bits per heavy atom. The molecule has 0 aliphatic rings. The van der Waals surface area contributed by atoms with Gasteiger partial charge in [0.15, 0.2) is 0 Å². The van der Waals surface area contributed by atoms with E-state index >= 15 is 0 Å². The highest BCUT2D eigenvalue weighted by molar-refractivity contribution is 7.99. The quantitative estimate of drug-likeness (QED) is 0.0322. The van der Waals surface area contributed by atoms with Crippen molar-refractivity contribution in [1.29, 1.82) is 0 Å². The smallest absolute Gasteiger partial charge is 0.306 e. The number of ether oxygens (including phenoxy) is 6. The first-order valence-electron chi connectivity index (χ1n) is 24.3. The van der Waals surface area contributed by atoms with Gasteiger partial charge in [0.25, 0.3) is 0 Å². The van der Waals surface area contributed by atoms with Gasteiger partial charge < -0.3 is 28.4 Å². The molecule has 0 aromatic rings. The van der Waals surface area contributed by atoms with E-state index in [0.29, 0.717) is 60.8 Å². The first-order chi connectivity index (χ1) is 30.6. The Bertz CT molecular complexity index is 1040. The van der Waals surface area contributed by atoms with E-state index in [-0.39, 0.29) is 76.3 Å². The van der Waals surface area contributed by atoms with Crippen molar-refractivity contribution in [2.75, 3.05) is 74.2 Å². The number of hydrogen-bond acceptors (Lipinski definition) is 15. The molecular weight excluding hydrogens is 865 g/mol. The molecule has 63 heavy (non-hydrogen) atoms. The second kappa shape index (κ2) is 45.0. The van der Waals surface area contributed by atoms with Crippen molar-refractivity contribution in [3.63, 3.8) is 0 Å². The van der Waals surface area contributed by atoms with Gasteiger partial charge in [0.05, 0.1) is 63.8 Å². The van der Waals surface area contributed by atoms with Gasteiger partial charge in [0.1, 0.15) is 19.8 Å². The molecule has 0 heterocycles. The van der Waals surface area contributed by atoms with Crippen LogP contribution in [-0.4, -0.2) is 110 Å². The maximum absolute atomic E-state index is 12.8. The summed E-state index contributed by atoms with van der Waals surface area (Å²) in [4.78, 5) is 74.5. The molecule has 12 nitrogen and oxygen atoms in total.